The van der Waals surface area contributed by atoms with Gasteiger partial charge in [0.1, 0.15) is 5.75 Å². The van der Waals surface area contributed by atoms with E-state index in [1.54, 1.807) is 44.1 Å². The first kappa shape index (κ1) is 20.4. The van der Waals surface area contributed by atoms with Gasteiger partial charge in [-0.3, -0.25) is 14.5 Å². The molecule has 8 nitrogen and oxygen atoms in total. The maximum Gasteiger partial charge on any atom is 0.226 e. The molecule has 0 fully saturated rings. The highest BCUT2D eigenvalue weighted by molar-refractivity contribution is 7.71. The van der Waals surface area contributed by atoms with Gasteiger partial charge < -0.3 is 19.5 Å². The van der Waals surface area contributed by atoms with Crippen LogP contribution in [0.15, 0.2) is 42.5 Å². The summed E-state index contributed by atoms with van der Waals surface area (Å²) in [6.07, 6.45) is 0.228. The first-order valence-electron chi connectivity index (χ1n) is 8.87. The molecule has 0 saturated heterocycles. The number of nitrogens with zero attached hydrogens (tertiary/aromatic N) is 2. The van der Waals surface area contributed by atoms with E-state index >= 15 is 0 Å². The van der Waals surface area contributed by atoms with E-state index in [9.17, 15) is 4.79 Å². The third-order valence-electron chi connectivity index (χ3n) is 4.34. The lowest BCUT2D eigenvalue weighted by Crippen LogP contribution is -2.15. The van der Waals surface area contributed by atoms with Gasteiger partial charge in [-0.1, -0.05) is 0 Å². The molecule has 9 heteroatoms. The smallest absolute Gasteiger partial charge is 0.226 e. The van der Waals surface area contributed by atoms with Crippen LogP contribution in [-0.2, 0) is 11.3 Å². The highest BCUT2D eigenvalue weighted by Crippen LogP contribution is 2.29. The minimum absolute atomic E-state index is 0.152. The van der Waals surface area contributed by atoms with Gasteiger partial charge in [0.25, 0.3) is 0 Å². The normalized spacial score (nSPS) is 10.4. The topological polar surface area (TPSA) is 90.4 Å². The number of H-pyrrole nitrogens is 1. The van der Waals surface area contributed by atoms with Gasteiger partial charge in [0.05, 0.1) is 21.3 Å². The van der Waals surface area contributed by atoms with Crippen LogP contribution in [0.3, 0.4) is 0 Å². The summed E-state index contributed by atoms with van der Waals surface area (Å²) in [6, 6.07) is 12.7. The highest BCUT2D eigenvalue weighted by Gasteiger charge is 2.12. The summed E-state index contributed by atoms with van der Waals surface area (Å²) in [5.74, 6) is 2.41. The number of rotatable bonds is 8. The van der Waals surface area contributed by atoms with Crippen molar-refractivity contribution in [1.29, 1.82) is 0 Å². The second kappa shape index (κ2) is 9.24. The van der Waals surface area contributed by atoms with E-state index in [0.29, 0.717) is 34.3 Å². The molecule has 0 aliphatic heterocycles. The molecule has 0 aliphatic rings. The van der Waals surface area contributed by atoms with Crippen LogP contribution in [0.1, 0.15) is 6.42 Å². The molecular weight excluding hydrogens is 392 g/mol. The number of amides is 1. The van der Waals surface area contributed by atoms with Crippen LogP contribution in [0.5, 0.6) is 17.2 Å². The van der Waals surface area contributed by atoms with Crippen molar-refractivity contribution in [1.82, 2.24) is 14.8 Å². The Morgan fingerprint density at radius 2 is 1.79 bits per heavy atom. The number of carbonyl (C=O) groups excluding carboxylic acids is 1. The monoisotopic (exact) mass is 414 g/mol. The number of methoxy groups -OCH3 is 3. The fraction of sp³-hybridized carbons (Fsp3) is 0.250. The molecule has 1 amide bonds. The minimum atomic E-state index is -0.152. The fourth-order valence-electron chi connectivity index (χ4n) is 2.84. The van der Waals surface area contributed by atoms with Crippen molar-refractivity contribution >= 4 is 23.8 Å². The van der Waals surface area contributed by atoms with Crippen molar-refractivity contribution in [2.45, 2.75) is 13.0 Å². The lowest BCUT2D eigenvalue weighted by molar-refractivity contribution is -0.116. The molecule has 0 spiro atoms. The fourth-order valence-corrected chi connectivity index (χ4v) is 3.06. The van der Waals surface area contributed by atoms with Gasteiger partial charge in [-0.2, -0.15) is 5.10 Å². The van der Waals surface area contributed by atoms with Gasteiger partial charge in [-0.25, -0.2) is 0 Å². The molecule has 2 N–H and O–H groups in total. The Kier molecular flexibility index (Phi) is 6.50. The molecule has 2 aromatic carbocycles. The molecule has 0 radical (unpaired) electrons. The van der Waals surface area contributed by atoms with Crippen molar-refractivity contribution in [3.05, 3.63) is 47.2 Å². The zero-order chi connectivity index (χ0) is 20.8. The van der Waals surface area contributed by atoms with E-state index in [4.69, 9.17) is 26.4 Å². The van der Waals surface area contributed by atoms with Crippen molar-refractivity contribution in [3.63, 3.8) is 0 Å². The number of ether oxygens (including phenoxy) is 3. The first-order chi connectivity index (χ1) is 14.0. The first-order valence-corrected chi connectivity index (χ1v) is 9.28. The summed E-state index contributed by atoms with van der Waals surface area (Å²) in [6.45, 7) is 0.385. The van der Waals surface area contributed by atoms with Crippen LogP contribution in [0.2, 0.25) is 0 Å². The van der Waals surface area contributed by atoms with Gasteiger partial charge in [0.15, 0.2) is 22.1 Å². The maximum absolute atomic E-state index is 12.4. The van der Waals surface area contributed by atoms with E-state index in [0.717, 1.165) is 11.3 Å². The zero-order valence-electron chi connectivity index (χ0n) is 16.4. The number of anilines is 1. The Morgan fingerprint density at radius 1 is 1.07 bits per heavy atom. The Hall–Kier alpha value is -3.33. The molecule has 152 valence electrons. The zero-order valence-corrected chi connectivity index (χ0v) is 17.2. The third-order valence-corrected chi connectivity index (χ3v) is 4.65. The standard InChI is InChI=1S/C20H22N4O4S/c1-26-15-7-4-13(5-8-15)19-22-23-20(29)24(19)11-10-18(25)21-14-6-9-16(27-2)17(12-14)28-3/h4-9,12H,10-11H2,1-3H3,(H,21,25)(H,23,29). The number of aromatic amines is 1. The highest BCUT2D eigenvalue weighted by atomic mass is 32.1. The minimum Gasteiger partial charge on any atom is -0.497 e. The molecule has 3 rings (SSSR count). The van der Waals surface area contributed by atoms with Crippen LogP contribution in [-0.4, -0.2) is 42.0 Å². The summed E-state index contributed by atoms with van der Waals surface area (Å²) in [7, 11) is 4.72. The van der Waals surface area contributed by atoms with Crippen LogP contribution in [0, 0.1) is 4.77 Å². The average molecular weight is 414 g/mol. The molecule has 29 heavy (non-hydrogen) atoms. The maximum atomic E-state index is 12.4. The summed E-state index contributed by atoms with van der Waals surface area (Å²) >= 11 is 5.32. The molecule has 0 saturated carbocycles. The largest absolute Gasteiger partial charge is 0.497 e. The van der Waals surface area contributed by atoms with Crippen LogP contribution < -0.4 is 19.5 Å². The molecule has 1 aromatic heterocycles. The lowest BCUT2D eigenvalue weighted by Gasteiger charge is -2.11. The SMILES string of the molecule is COc1ccc(-c2n[nH]c(=S)n2CCC(=O)Nc2ccc(OC)c(OC)c2)cc1. The van der Waals surface area contributed by atoms with E-state index in [2.05, 4.69) is 15.5 Å². The lowest BCUT2D eigenvalue weighted by atomic mass is 10.2. The Bertz CT molecular complexity index is 1040. The Balaban J connectivity index is 1.69. The molecular formula is C20H22N4O4S. The molecule has 0 unspecified atom stereocenters. The van der Waals surface area contributed by atoms with Crippen molar-refractivity contribution < 1.29 is 19.0 Å². The number of benzene rings is 2. The summed E-state index contributed by atoms with van der Waals surface area (Å²) in [5.41, 5.74) is 1.50. The van der Waals surface area contributed by atoms with Gasteiger partial charge in [-0.05, 0) is 48.6 Å². The number of hydrogen-bond donors (Lipinski definition) is 2. The van der Waals surface area contributed by atoms with Gasteiger partial charge in [0.2, 0.25) is 5.91 Å². The number of nitrogens with one attached hydrogen (secondary N) is 2. The average Bonchev–Trinajstić information content (AvgIpc) is 3.12. The van der Waals surface area contributed by atoms with E-state index in [1.807, 2.05) is 24.3 Å². The Labute approximate surface area is 173 Å². The predicted octanol–water partition coefficient (Wildman–Crippen LogP) is 3.66. The van der Waals surface area contributed by atoms with Crippen LogP contribution in [0.25, 0.3) is 11.4 Å². The van der Waals surface area contributed by atoms with Crippen molar-refractivity contribution in [2.75, 3.05) is 26.6 Å². The second-order valence-electron chi connectivity index (χ2n) is 6.10. The molecule has 0 aliphatic carbocycles. The van der Waals surface area contributed by atoms with Gasteiger partial charge in [0, 0.05) is 30.3 Å². The van der Waals surface area contributed by atoms with Crippen LogP contribution >= 0.6 is 12.2 Å². The second-order valence-corrected chi connectivity index (χ2v) is 6.49. The van der Waals surface area contributed by atoms with E-state index in [-0.39, 0.29) is 12.3 Å². The quantitative estimate of drug-likeness (QED) is 0.547. The van der Waals surface area contributed by atoms with E-state index in [1.165, 1.54) is 0 Å². The van der Waals surface area contributed by atoms with E-state index < -0.39 is 0 Å². The van der Waals surface area contributed by atoms with Crippen molar-refractivity contribution in [2.24, 2.45) is 0 Å². The summed E-state index contributed by atoms with van der Waals surface area (Å²) in [4.78, 5) is 12.4. The Morgan fingerprint density at radius 3 is 2.45 bits per heavy atom. The molecule has 0 atom stereocenters. The van der Waals surface area contributed by atoms with Gasteiger partial charge >= 0.3 is 0 Å². The number of hydrogen-bond acceptors (Lipinski definition) is 6. The molecule has 1 heterocycles. The molecule has 0 bridgehead atoms. The summed E-state index contributed by atoms with van der Waals surface area (Å²) in [5, 5.41) is 9.93. The van der Waals surface area contributed by atoms with Crippen LogP contribution in [0.4, 0.5) is 5.69 Å². The molecule has 3 aromatic rings. The third kappa shape index (κ3) is 4.75. The predicted molar refractivity (Wildman–Crippen MR) is 112 cm³/mol. The summed E-state index contributed by atoms with van der Waals surface area (Å²) < 4.78 is 17.9. The number of aromatic nitrogens is 3. The van der Waals surface area contributed by atoms with Gasteiger partial charge in [-0.15, -0.1) is 0 Å². The van der Waals surface area contributed by atoms with Crippen molar-refractivity contribution in [3.8, 4) is 28.6 Å². The number of carbonyl (C=O) groups is 1.